The molecule has 0 aliphatic heterocycles. The quantitative estimate of drug-likeness (QED) is 0.739. The molecule has 0 spiro atoms. The van der Waals surface area contributed by atoms with Gasteiger partial charge in [-0.3, -0.25) is 0 Å². The Morgan fingerprint density at radius 1 is 1.50 bits per heavy atom. The van der Waals surface area contributed by atoms with Crippen LogP contribution in [0.3, 0.4) is 0 Å². The molecule has 0 bridgehead atoms. The fourth-order valence-corrected chi connectivity index (χ4v) is 1.71. The summed E-state index contributed by atoms with van der Waals surface area (Å²) < 4.78 is 5.00. The number of aliphatic hydroxyl groups is 1. The zero-order valence-corrected chi connectivity index (χ0v) is 8.23. The van der Waals surface area contributed by atoms with Gasteiger partial charge in [-0.2, -0.15) is 0 Å². The topological polar surface area (TPSA) is 29.5 Å². The molecule has 1 aliphatic carbocycles. The van der Waals surface area contributed by atoms with E-state index in [-0.39, 0.29) is 5.92 Å². The van der Waals surface area contributed by atoms with Crippen LogP contribution in [0, 0.1) is 5.92 Å². The van der Waals surface area contributed by atoms with Crippen molar-refractivity contribution in [3.63, 3.8) is 0 Å². The van der Waals surface area contributed by atoms with Crippen LogP contribution < -0.4 is 0 Å². The van der Waals surface area contributed by atoms with E-state index in [1.807, 2.05) is 30.3 Å². The highest BCUT2D eigenvalue weighted by Crippen LogP contribution is 2.51. The third kappa shape index (κ3) is 1.47. The Hall–Kier alpha value is -1.12. The first kappa shape index (κ1) is 9.44. The first-order valence-corrected chi connectivity index (χ1v) is 4.69. The van der Waals surface area contributed by atoms with E-state index >= 15 is 0 Å². The Labute approximate surface area is 83.8 Å². The summed E-state index contributed by atoms with van der Waals surface area (Å²) in [4.78, 5) is 0. The van der Waals surface area contributed by atoms with E-state index in [0.717, 1.165) is 11.1 Å². The third-order valence-electron chi connectivity index (χ3n) is 2.80. The van der Waals surface area contributed by atoms with Crippen molar-refractivity contribution < 1.29 is 9.84 Å². The van der Waals surface area contributed by atoms with E-state index in [9.17, 15) is 5.11 Å². The van der Waals surface area contributed by atoms with E-state index in [1.165, 1.54) is 7.11 Å². The van der Waals surface area contributed by atoms with Gasteiger partial charge in [-0.15, -0.1) is 0 Å². The van der Waals surface area contributed by atoms with E-state index in [4.69, 9.17) is 4.74 Å². The second-order valence-corrected chi connectivity index (χ2v) is 3.70. The van der Waals surface area contributed by atoms with Gasteiger partial charge in [0, 0.05) is 19.4 Å². The summed E-state index contributed by atoms with van der Waals surface area (Å²) in [6, 6.07) is 9.89. The summed E-state index contributed by atoms with van der Waals surface area (Å²) in [6.45, 7) is 3.99. The lowest BCUT2D eigenvalue weighted by Crippen LogP contribution is -2.13. The average Bonchev–Trinajstić information content (AvgIpc) is 2.92. The summed E-state index contributed by atoms with van der Waals surface area (Å²) in [5.41, 5.74) is 2.03. The minimum absolute atomic E-state index is 0.0508. The van der Waals surface area contributed by atoms with Crippen molar-refractivity contribution in [1.29, 1.82) is 0 Å². The minimum atomic E-state index is -0.965. The third-order valence-corrected chi connectivity index (χ3v) is 2.80. The summed E-state index contributed by atoms with van der Waals surface area (Å²) in [5, 5.41) is 9.75. The van der Waals surface area contributed by atoms with E-state index in [2.05, 4.69) is 6.58 Å². The van der Waals surface area contributed by atoms with Gasteiger partial charge in [0.1, 0.15) is 0 Å². The predicted octanol–water partition coefficient (Wildman–Crippen LogP) is 2.05. The van der Waals surface area contributed by atoms with Crippen LogP contribution in [0.4, 0.5) is 0 Å². The molecule has 1 aromatic rings. The fraction of sp³-hybridized carbons (Fsp3) is 0.333. The second kappa shape index (κ2) is 3.23. The summed E-state index contributed by atoms with van der Waals surface area (Å²) in [7, 11) is 1.53. The normalized spacial score (nSPS) is 30.0. The van der Waals surface area contributed by atoms with Crippen molar-refractivity contribution in [3.05, 3.63) is 42.5 Å². The smallest absolute Gasteiger partial charge is 0.172 e. The molecule has 0 heterocycles. The van der Waals surface area contributed by atoms with Gasteiger partial charge in [0.2, 0.25) is 0 Å². The fourth-order valence-electron chi connectivity index (χ4n) is 1.71. The van der Waals surface area contributed by atoms with Crippen LogP contribution in [0.2, 0.25) is 0 Å². The molecule has 1 fully saturated rings. The molecule has 1 saturated carbocycles. The Bertz CT molecular complexity index is 345. The first-order valence-electron chi connectivity index (χ1n) is 4.69. The molecule has 74 valence electrons. The Kier molecular flexibility index (Phi) is 2.17. The monoisotopic (exact) mass is 190 g/mol. The van der Waals surface area contributed by atoms with Crippen molar-refractivity contribution in [3.8, 4) is 0 Å². The lowest BCUT2D eigenvalue weighted by molar-refractivity contribution is -0.107. The molecule has 2 atom stereocenters. The van der Waals surface area contributed by atoms with Gasteiger partial charge >= 0.3 is 0 Å². The molecule has 1 N–H and O–H groups in total. The van der Waals surface area contributed by atoms with Gasteiger partial charge in [-0.25, -0.2) is 0 Å². The van der Waals surface area contributed by atoms with E-state index in [0.29, 0.717) is 6.42 Å². The SMILES string of the molecule is C=C(c1ccccc1)C1CC1(O)OC. The number of rotatable bonds is 3. The van der Waals surface area contributed by atoms with Gasteiger partial charge in [0.05, 0.1) is 0 Å². The van der Waals surface area contributed by atoms with E-state index < -0.39 is 5.79 Å². The number of ether oxygens (including phenoxy) is 1. The molecular formula is C12H14O2. The predicted molar refractivity (Wildman–Crippen MR) is 55.5 cm³/mol. The molecule has 1 aliphatic rings. The van der Waals surface area contributed by atoms with Gasteiger partial charge < -0.3 is 9.84 Å². The maximum absolute atomic E-state index is 9.75. The van der Waals surface area contributed by atoms with Crippen molar-refractivity contribution in [1.82, 2.24) is 0 Å². The van der Waals surface area contributed by atoms with Crippen molar-refractivity contribution in [2.24, 2.45) is 5.92 Å². The maximum atomic E-state index is 9.75. The minimum Gasteiger partial charge on any atom is -0.365 e. The first-order chi connectivity index (χ1) is 6.67. The van der Waals surface area contributed by atoms with E-state index in [1.54, 1.807) is 0 Å². The summed E-state index contributed by atoms with van der Waals surface area (Å²) in [5.74, 6) is -0.915. The van der Waals surface area contributed by atoms with Gasteiger partial charge in [-0.05, 0) is 11.1 Å². The van der Waals surface area contributed by atoms with Crippen LogP contribution >= 0.6 is 0 Å². The van der Waals surface area contributed by atoms with Gasteiger partial charge in [-0.1, -0.05) is 36.9 Å². The molecular weight excluding hydrogens is 176 g/mol. The molecule has 2 heteroatoms. The second-order valence-electron chi connectivity index (χ2n) is 3.70. The Morgan fingerprint density at radius 3 is 2.64 bits per heavy atom. The number of hydrogen-bond acceptors (Lipinski definition) is 2. The van der Waals surface area contributed by atoms with Crippen molar-refractivity contribution in [2.75, 3.05) is 7.11 Å². The largest absolute Gasteiger partial charge is 0.365 e. The Balaban J connectivity index is 2.13. The average molecular weight is 190 g/mol. The molecule has 2 unspecified atom stereocenters. The molecule has 1 aromatic carbocycles. The van der Waals surface area contributed by atoms with Crippen LogP contribution in [0.25, 0.3) is 5.57 Å². The highest BCUT2D eigenvalue weighted by Gasteiger charge is 2.55. The highest BCUT2D eigenvalue weighted by atomic mass is 16.6. The lowest BCUT2D eigenvalue weighted by atomic mass is 10.0. The van der Waals surface area contributed by atoms with Crippen LogP contribution in [0.15, 0.2) is 36.9 Å². The van der Waals surface area contributed by atoms with Gasteiger partial charge in [0.25, 0.3) is 0 Å². The zero-order valence-electron chi connectivity index (χ0n) is 8.23. The number of benzene rings is 1. The number of methoxy groups -OCH3 is 1. The van der Waals surface area contributed by atoms with Crippen LogP contribution in [-0.4, -0.2) is 18.0 Å². The van der Waals surface area contributed by atoms with Gasteiger partial charge in [0.15, 0.2) is 5.79 Å². The molecule has 2 rings (SSSR count). The summed E-state index contributed by atoms with van der Waals surface area (Å²) in [6.07, 6.45) is 0.650. The molecule has 2 nitrogen and oxygen atoms in total. The lowest BCUT2D eigenvalue weighted by Gasteiger charge is -2.09. The van der Waals surface area contributed by atoms with Crippen molar-refractivity contribution >= 4 is 5.57 Å². The number of hydrogen-bond donors (Lipinski definition) is 1. The molecule has 0 amide bonds. The molecule has 14 heavy (non-hydrogen) atoms. The van der Waals surface area contributed by atoms with Crippen molar-refractivity contribution in [2.45, 2.75) is 12.2 Å². The molecule has 0 aromatic heterocycles. The maximum Gasteiger partial charge on any atom is 0.172 e. The summed E-state index contributed by atoms with van der Waals surface area (Å²) >= 11 is 0. The Morgan fingerprint density at radius 2 is 2.14 bits per heavy atom. The van der Waals surface area contributed by atoms with Crippen LogP contribution in [0.1, 0.15) is 12.0 Å². The molecule has 0 saturated heterocycles. The highest BCUT2D eigenvalue weighted by molar-refractivity contribution is 5.68. The molecule has 0 radical (unpaired) electrons. The van der Waals surface area contributed by atoms with Crippen LogP contribution in [0.5, 0.6) is 0 Å². The van der Waals surface area contributed by atoms with Crippen LogP contribution in [-0.2, 0) is 4.74 Å². The standard InChI is InChI=1S/C12H14O2/c1-9(10-6-4-3-5-7-10)11-8-12(11,13)14-2/h3-7,11,13H,1,8H2,2H3. The zero-order chi connectivity index (χ0) is 10.2.